The number of aromatic nitrogens is 2. The van der Waals surface area contributed by atoms with E-state index in [0.29, 0.717) is 6.42 Å². The molecule has 0 spiro atoms. The van der Waals surface area contributed by atoms with E-state index in [9.17, 15) is 9.59 Å². The van der Waals surface area contributed by atoms with Gasteiger partial charge in [-0.2, -0.15) is 0 Å². The molecule has 2 rings (SSSR count). The van der Waals surface area contributed by atoms with Crippen LogP contribution in [0.5, 0.6) is 0 Å². The number of rotatable bonds is 5. The molecule has 3 N–H and O–H groups in total. The molecule has 1 aromatic heterocycles. The molecule has 0 radical (unpaired) electrons. The zero-order valence-corrected chi connectivity index (χ0v) is 10.7. The van der Waals surface area contributed by atoms with Crippen molar-refractivity contribution in [3.8, 4) is 0 Å². The largest absolute Gasteiger partial charge is 0.368 e. The van der Waals surface area contributed by atoms with Gasteiger partial charge >= 0.3 is 0 Å². The molecule has 1 atom stereocenters. The second-order valence-corrected chi connectivity index (χ2v) is 4.21. The van der Waals surface area contributed by atoms with Crippen LogP contribution in [-0.4, -0.2) is 27.8 Å². The third-order valence-electron chi connectivity index (χ3n) is 2.73. The fourth-order valence-corrected chi connectivity index (χ4v) is 1.72. The lowest BCUT2D eigenvalue weighted by atomic mass is 10.1. The van der Waals surface area contributed by atoms with E-state index in [1.807, 2.05) is 30.3 Å². The molecule has 0 bridgehead atoms. The molecule has 0 aliphatic rings. The van der Waals surface area contributed by atoms with Crippen LogP contribution < -0.4 is 11.1 Å². The smallest absolute Gasteiger partial charge is 0.272 e. The van der Waals surface area contributed by atoms with Gasteiger partial charge in [0.15, 0.2) is 0 Å². The van der Waals surface area contributed by atoms with Crippen LogP contribution in [0.3, 0.4) is 0 Å². The Morgan fingerprint density at radius 2 is 1.95 bits per heavy atom. The molecule has 1 aromatic carbocycles. The van der Waals surface area contributed by atoms with Crippen molar-refractivity contribution in [1.82, 2.24) is 15.3 Å². The minimum absolute atomic E-state index is 0.145. The Hall–Kier alpha value is -2.76. The summed E-state index contributed by atoms with van der Waals surface area (Å²) in [7, 11) is 0. The SMILES string of the molecule is NC(=O)[C@@H](Cc1ccccc1)NC(=O)c1cnccn1. The molecular weight excluding hydrogens is 256 g/mol. The molecule has 102 valence electrons. The Bertz CT molecular complexity index is 587. The second-order valence-electron chi connectivity index (χ2n) is 4.21. The highest BCUT2D eigenvalue weighted by molar-refractivity contribution is 5.95. The number of primary amides is 1. The number of nitrogens with one attached hydrogen (secondary N) is 1. The van der Waals surface area contributed by atoms with Gasteiger partial charge in [0.05, 0.1) is 6.20 Å². The van der Waals surface area contributed by atoms with Crippen molar-refractivity contribution in [1.29, 1.82) is 0 Å². The van der Waals surface area contributed by atoms with Gasteiger partial charge in [-0.25, -0.2) is 4.98 Å². The molecule has 6 nitrogen and oxygen atoms in total. The predicted molar refractivity (Wildman–Crippen MR) is 72.6 cm³/mol. The first kappa shape index (κ1) is 13.7. The van der Waals surface area contributed by atoms with Gasteiger partial charge in [-0.1, -0.05) is 30.3 Å². The molecule has 0 aliphatic heterocycles. The summed E-state index contributed by atoms with van der Waals surface area (Å²) in [5.74, 6) is -1.07. The summed E-state index contributed by atoms with van der Waals surface area (Å²) in [5.41, 5.74) is 6.38. The number of benzene rings is 1. The zero-order chi connectivity index (χ0) is 14.4. The van der Waals surface area contributed by atoms with Crippen molar-refractivity contribution >= 4 is 11.8 Å². The van der Waals surface area contributed by atoms with Gasteiger partial charge in [-0.05, 0) is 5.56 Å². The van der Waals surface area contributed by atoms with Crippen LogP contribution in [-0.2, 0) is 11.2 Å². The van der Waals surface area contributed by atoms with Gasteiger partial charge < -0.3 is 11.1 Å². The van der Waals surface area contributed by atoms with Crippen molar-refractivity contribution < 1.29 is 9.59 Å². The lowest BCUT2D eigenvalue weighted by Gasteiger charge is -2.15. The summed E-state index contributed by atoms with van der Waals surface area (Å²) in [6.45, 7) is 0. The lowest BCUT2D eigenvalue weighted by molar-refractivity contribution is -0.119. The van der Waals surface area contributed by atoms with E-state index in [1.165, 1.54) is 18.6 Å². The number of amides is 2. The highest BCUT2D eigenvalue weighted by Crippen LogP contribution is 2.04. The molecule has 0 aliphatic carbocycles. The summed E-state index contributed by atoms with van der Waals surface area (Å²) < 4.78 is 0. The fourth-order valence-electron chi connectivity index (χ4n) is 1.72. The Morgan fingerprint density at radius 1 is 1.20 bits per heavy atom. The number of nitrogens with two attached hydrogens (primary N) is 1. The third kappa shape index (κ3) is 3.61. The first-order valence-electron chi connectivity index (χ1n) is 6.07. The normalized spacial score (nSPS) is 11.6. The van der Waals surface area contributed by atoms with Crippen LogP contribution in [0.15, 0.2) is 48.9 Å². The van der Waals surface area contributed by atoms with Crippen LogP contribution >= 0.6 is 0 Å². The summed E-state index contributed by atoms with van der Waals surface area (Å²) in [4.78, 5) is 31.0. The minimum atomic E-state index is -0.785. The van der Waals surface area contributed by atoms with Crippen molar-refractivity contribution in [2.24, 2.45) is 5.73 Å². The predicted octanol–water partition coefficient (Wildman–Crippen LogP) is 0.303. The van der Waals surface area contributed by atoms with Crippen LogP contribution in [0.1, 0.15) is 16.1 Å². The molecule has 0 saturated carbocycles. The first-order valence-corrected chi connectivity index (χ1v) is 6.07. The van der Waals surface area contributed by atoms with E-state index in [4.69, 9.17) is 5.73 Å². The Balaban J connectivity index is 2.07. The second kappa shape index (κ2) is 6.42. The van der Waals surface area contributed by atoms with E-state index in [0.717, 1.165) is 5.56 Å². The molecule has 2 amide bonds. The van der Waals surface area contributed by atoms with Crippen molar-refractivity contribution in [2.75, 3.05) is 0 Å². The van der Waals surface area contributed by atoms with Crippen molar-refractivity contribution in [3.63, 3.8) is 0 Å². The highest BCUT2D eigenvalue weighted by Gasteiger charge is 2.20. The quantitative estimate of drug-likeness (QED) is 0.816. The maximum Gasteiger partial charge on any atom is 0.272 e. The van der Waals surface area contributed by atoms with Crippen LogP contribution in [0.4, 0.5) is 0 Å². The van der Waals surface area contributed by atoms with Gasteiger partial charge in [-0.15, -0.1) is 0 Å². The number of carbonyl (C=O) groups is 2. The molecule has 20 heavy (non-hydrogen) atoms. The Labute approximate surface area is 116 Å². The third-order valence-corrected chi connectivity index (χ3v) is 2.73. The van der Waals surface area contributed by atoms with Crippen LogP contribution in [0, 0.1) is 0 Å². The molecular formula is C14H14N4O2. The number of nitrogens with zero attached hydrogens (tertiary/aromatic N) is 2. The topological polar surface area (TPSA) is 98.0 Å². The van der Waals surface area contributed by atoms with E-state index < -0.39 is 17.9 Å². The van der Waals surface area contributed by atoms with E-state index >= 15 is 0 Å². The molecule has 0 fully saturated rings. The van der Waals surface area contributed by atoms with Gasteiger partial charge in [0.2, 0.25) is 5.91 Å². The molecule has 1 heterocycles. The van der Waals surface area contributed by atoms with E-state index in [-0.39, 0.29) is 5.69 Å². The number of hydrogen-bond donors (Lipinski definition) is 2. The average molecular weight is 270 g/mol. The van der Waals surface area contributed by atoms with E-state index in [1.54, 1.807) is 0 Å². The summed E-state index contributed by atoms with van der Waals surface area (Å²) in [6.07, 6.45) is 4.54. The Morgan fingerprint density at radius 3 is 2.55 bits per heavy atom. The first-order chi connectivity index (χ1) is 9.66. The highest BCUT2D eigenvalue weighted by atomic mass is 16.2. The monoisotopic (exact) mass is 270 g/mol. The summed E-state index contributed by atoms with van der Waals surface area (Å²) in [5, 5.41) is 2.57. The van der Waals surface area contributed by atoms with Gasteiger partial charge in [0.25, 0.3) is 5.91 Å². The lowest BCUT2D eigenvalue weighted by Crippen LogP contribution is -2.46. The van der Waals surface area contributed by atoms with Gasteiger partial charge in [0, 0.05) is 18.8 Å². The standard InChI is InChI=1S/C14H14N4O2/c15-13(19)11(8-10-4-2-1-3-5-10)18-14(20)12-9-16-6-7-17-12/h1-7,9,11H,8H2,(H2,15,19)(H,18,20)/t11-/m1/s1. The van der Waals surface area contributed by atoms with Gasteiger partial charge in [-0.3, -0.25) is 14.6 Å². The number of hydrogen-bond acceptors (Lipinski definition) is 4. The van der Waals surface area contributed by atoms with E-state index in [2.05, 4.69) is 15.3 Å². The maximum atomic E-state index is 11.9. The number of carbonyl (C=O) groups excluding carboxylic acids is 2. The minimum Gasteiger partial charge on any atom is -0.368 e. The van der Waals surface area contributed by atoms with Crippen LogP contribution in [0.2, 0.25) is 0 Å². The molecule has 0 saturated heterocycles. The summed E-state index contributed by atoms with van der Waals surface area (Å²) >= 11 is 0. The molecule has 0 unspecified atom stereocenters. The fraction of sp³-hybridized carbons (Fsp3) is 0.143. The van der Waals surface area contributed by atoms with Gasteiger partial charge in [0.1, 0.15) is 11.7 Å². The zero-order valence-electron chi connectivity index (χ0n) is 10.7. The maximum absolute atomic E-state index is 11.9. The van der Waals surface area contributed by atoms with Crippen molar-refractivity contribution in [2.45, 2.75) is 12.5 Å². The Kier molecular flexibility index (Phi) is 4.39. The molecule has 2 aromatic rings. The average Bonchev–Trinajstić information content (AvgIpc) is 2.48. The summed E-state index contributed by atoms with van der Waals surface area (Å²) in [6, 6.07) is 8.54. The van der Waals surface area contributed by atoms with Crippen molar-refractivity contribution in [3.05, 3.63) is 60.2 Å². The molecule has 6 heteroatoms. The van der Waals surface area contributed by atoms with Crippen LogP contribution in [0.25, 0.3) is 0 Å².